The fraction of sp³-hybridized carbons (Fsp3) is 0.652. The molecule has 0 saturated heterocycles. The Morgan fingerprint density at radius 3 is 2.52 bits per heavy atom. The van der Waals surface area contributed by atoms with E-state index in [-0.39, 0.29) is 36.2 Å². The van der Waals surface area contributed by atoms with Gasteiger partial charge >= 0.3 is 0 Å². The molecule has 8 heteroatoms. The molecule has 0 aromatic heterocycles. The second-order valence-electron chi connectivity index (χ2n) is 8.17. The van der Waals surface area contributed by atoms with Crippen LogP contribution in [0.1, 0.15) is 51.4 Å². The molecule has 0 fully saturated rings. The predicted molar refractivity (Wildman–Crippen MR) is 119 cm³/mol. The minimum atomic E-state index is -1.04. The monoisotopic (exact) mass is 438 g/mol. The molecule has 0 unspecified atom stereocenters. The van der Waals surface area contributed by atoms with Crippen LogP contribution < -0.4 is 5.73 Å². The predicted octanol–water partition coefficient (Wildman–Crippen LogP) is 2.92. The molecular formula is C23H38N2O6. The van der Waals surface area contributed by atoms with Gasteiger partial charge in [-0.3, -0.25) is 0 Å². The molecule has 8 nitrogen and oxygen atoms in total. The van der Waals surface area contributed by atoms with E-state index in [0.717, 1.165) is 37.8 Å². The van der Waals surface area contributed by atoms with Crippen molar-refractivity contribution in [2.75, 3.05) is 32.8 Å². The van der Waals surface area contributed by atoms with Gasteiger partial charge in [0.2, 0.25) is 0 Å². The number of hydrogen-bond donors (Lipinski definition) is 6. The summed E-state index contributed by atoms with van der Waals surface area (Å²) >= 11 is 0. The van der Waals surface area contributed by atoms with E-state index in [4.69, 9.17) is 15.6 Å². The highest BCUT2D eigenvalue weighted by Crippen LogP contribution is 2.29. The van der Waals surface area contributed by atoms with Crippen LogP contribution in [0.4, 0.5) is 0 Å². The van der Waals surface area contributed by atoms with Crippen molar-refractivity contribution in [3.05, 3.63) is 47.0 Å². The Kier molecular flexibility index (Phi) is 10.8. The van der Waals surface area contributed by atoms with Crippen LogP contribution in [-0.2, 0) is 4.74 Å². The highest BCUT2D eigenvalue weighted by atomic mass is 16.5. The lowest BCUT2D eigenvalue weighted by Gasteiger charge is -2.34. The molecule has 7 N–H and O–H groups in total. The molecule has 2 aliphatic rings. The largest absolute Gasteiger partial charge is 0.506 e. The maximum absolute atomic E-state index is 10.4. The standard InChI is InChI=1S/C23H38N2O6/c24-9-3-1-2-6-12-31-22-15-18(14-21(29)23(22)30)25(10-4-5-11-26)16-17-7-8-19(27)20(28)13-17/h8,13,15,17,21,26-30H,1-7,9-12,14,16,24H2/t17-,21-/m0/s1. The van der Waals surface area contributed by atoms with Gasteiger partial charge in [-0.15, -0.1) is 0 Å². The molecule has 2 atom stereocenters. The van der Waals surface area contributed by atoms with Crippen molar-refractivity contribution in [1.82, 2.24) is 4.90 Å². The molecular weight excluding hydrogens is 400 g/mol. The maximum Gasteiger partial charge on any atom is 0.163 e. The van der Waals surface area contributed by atoms with Gasteiger partial charge in [0.15, 0.2) is 23.0 Å². The highest BCUT2D eigenvalue weighted by Gasteiger charge is 2.27. The summed E-state index contributed by atoms with van der Waals surface area (Å²) in [5.74, 6) is -0.0938. The van der Waals surface area contributed by atoms with Gasteiger partial charge in [-0.1, -0.05) is 12.8 Å². The summed E-state index contributed by atoms with van der Waals surface area (Å²) in [7, 11) is 0. The van der Waals surface area contributed by atoms with Crippen LogP contribution in [0.3, 0.4) is 0 Å². The summed E-state index contributed by atoms with van der Waals surface area (Å²) in [6.45, 7) is 2.47. The van der Waals surface area contributed by atoms with Crippen molar-refractivity contribution in [1.29, 1.82) is 0 Å². The first kappa shape index (κ1) is 25.1. The first-order valence-corrected chi connectivity index (χ1v) is 11.3. The fourth-order valence-electron chi connectivity index (χ4n) is 3.78. The van der Waals surface area contributed by atoms with E-state index >= 15 is 0 Å². The molecule has 31 heavy (non-hydrogen) atoms. The average Bonchev–Trinajstić information content (AvgIpc) is 2.75. The second kappa shape index (κ2) is 13.3. The van der Waals surface area contributed by atoms with Crippen LogP contribution in [-0.4, -0.2) is 69.4 Å². The van der Waals surface area contributed by atoms with E-state index in [9.17, 15) is 20.4 Å². The van der Waals surface area contributed by atoms with E-state index in [1.54, 1.807) is 18.2 Å². The fourth-order valence-corrected chi connectivity index (χ4v) is 3.78. The zero-order valence-corrected chi connectivity index (χ0v) is 18.2. The first-order chi connectivity index (χ1) is 15.0. The Labute approximate surface area is 184 Å². The van der Waals surface area contributed by atoms with Crippen molar-refractivity contribution < 1.29 is 30.3 Å². The molecule has 0 bridgehead atoms. The number of nitrogens with two attached hydrogens (primary N) is 1. The molecule has 0 heterocycles. The lowest BCUT2D eigenvalue weighted by atomic mass is 9.96. The van der Waals surface area contributed by atoms with Crippen LogP contribution in [0, 0.1) is 5.92 Å². The topological polar surface area (TPSA) is 140 Å². The Balaban J connectivity index is 2.06. The van der Waals surface area contributed by atoms with E-state index in [2.05, 4.69) is 4.90 Å². The van der Waals surface area contributed by atoms with Crippen molar-refractivity contribution >= 4 is 0 Å². The Hall–Kier alpha value is -2.16. The van der Waals surface area contributed by atoms with Crippen LogP contribution in [0.5, 0.6) is 0 Å². The minimum absolute atomic E-state index is 0.00511. The Morgan fingerprint density at radius 2 is 1.81 bits per heavy atom. The molecule has 0 radical (unpaired) electrons. The Morgan fingerprint density at radius 1 is 1.03 bits per heavy atom. The molecule has 0 aromatic carbocycles. The molecule has 176 valence electrons. The summed E-state index contributed by atoms with van der Waals surface area (Å²) in [5.41, 5.74) is 6.34. The normalized spacial score (nSPS) is 21.5. The van der Waals surface area contributed by atoms with Crippen LogP contribution in [0.2, 0.25) is 0 Å². The molecule has 2 rings (SSSR count). The van der Waals surface area contributed by atoms with Crippen molar-refractivity contribution in [3.63, 3.8) is 0 Å². The number of allylic oxidation sites excluding steroid dienone is 2. The summed E-state index contributed by atoms with van der Waals surface area (Å²) in [5, 5.41) is 49.3. The quantitative estimate of drug-likeness (QED) is 0.228. The highest BCUT2D eigenvalue weighted by molar-refractivity contribution is 5.29. The summed E-state index contributed by atoms with van der Waals surface area (Å²) in [6.07, 6.45) is 10.1. The smallest absolute Gasteiger partial charge is 0.163 e. The van der Waals surface area contributed by atoms with Gasteiger partial charge in [0.05, 0.1) is 6.61 Å². The van der Waals surface area contributed by atoms with Gasteiger partial charge in [0, 0.05) is 43.8 Å². The zero-order valence-electron chi connectivity index (χ0n) is 18.2. The summed E-state index contributed by atoms with van der Waals surface area (Å²) in [4.78, 5) is 2.10. The molecule has 0 amide bonds. The van der Waals surface area contributed by atoms with Crippen LogP contribution in [0.25, 0.3) is 0 Å². The van der Waals surface area contributed by atoms with Crippen molar-refractivity contribution in [2.24, 2.45) is 11.7 Å². The minimum Gasteiger partial charge on any atom is -0.506 e. The summed E-state index contributed by atoms with van der Waals surface area (Å²) in [6, 6.07) is 0. The van der Waals surface area contributed by atoms with E-state index in [1.807, 2.05) is 0 Å². The lowest BCUT2D eigenvalue weighted by Crippen LogP contribution is -2.34. The van der Waals surface area contributed by atoms with E-state index in [1.165, 1.54) is 0 Å². The third kappa shape index (κ3) is 8.12. The number of ether oxygens (including phenoxy) is 1. The number of rotatable bonds is 14. The van der Waals surface area contributed by atoms with Gasteiger partial charge in [-0.25, -0.2) is 0 Å². The average molecular weight is 439 g/mol. The first-order valence-electron chi connectivity index (χ1n) is 11.3. The molecule has 0 spiro atoms. The second-order valence-corrected chi connectivity index (χ2v) is 8.17. The number of aliphatic hydroxyl groups excluding tert-OH is 5. The van der Waals surface area contributed by atoms with Gasteiger partial charge in [-0.05, 0) is 50.8 Å². The third-order valence-corrected chi connectivity index (χ3v) is 5.59. The van der Waals surface area contributed by atoms with Crippen LogP contribution >= 0.6 is 0 Å². The number of aliphatic hydroxyl groups is 5. The summed E-state index contributed by atoms with van der Waals surface area (Å²) < 4.78 is 5.77. The van der Waals surface area contributed by atoms with Gasteiger partial charge in [-0.2, -0.15) is 0 Å². The maximum atomic E-state index is 10.4. The van der Waals surface area contributed by atoms with Crippen LogP contribution in [0.15, 0.2) is 47.0 Å². The third-order valence-electron chi connectivity index (χ3n) is 5.59. The number of hydrogen-bond acceptors (Lipinski definition) is 8. The van der Waals surface area contributed by atoms with Gasteiger partial charge in [0.1, 0.15) is 6.10 Å². The number of nitrogens with zero attached hydrogens (tertiary/aromatic N) is 1. The van der Waals surface area contributed by atoms with Crippen molar-refractivity contribution in [3.8, 4) is 0 Å². The molecule has 2 aliphatic carbocycles. The van der Waals surface area contributed by atoms with Crippen molar-refractivity contribution in [2.45, 2.75) is 57.5 Å². The SMILES string of the molecule is NCCCCCCOC1=C(O)[C@@H](O)CC(N(CCCCO)C[C@@H]2C=C(O)C(O)=CC2)=C1. The lowest BCUT2D eigenvalue weighted by molar-refractivity contribution is 0.108. The number of unbranched alkanes of at least 4 members (excludes halogenated alkanes) is 4. The molecule has 0 aliphatic heterocycles. The van der Waals surface area contributed by atoms with Gasteiger partial charge < -0.3 is 40.9 Å². The van der Waals surface area contributed by atoms with Gasteiger partial charge in [0.25, 0.3) is 0 Å². The Bertz CT molecular complexity index is 686. The molecule has 0 saturated carbocycles. The molecule has 0 aromatic rings. The zero-order chi connectivity index (χ0) is 22.6. The van der Waals surface area contributed by atoms with E-state index < -0.39 is 6.10 Å². The van der Waals surface area contributed by atoms with E-state index in [0.29, 0.717) is 44.8 Å².